The van der Waals surface area contributed by atoms with E-state index in [2.05, 4.69) is 13.8 Å². The molecule has 3 atom stereocenters. The van der Waals surface area contributed by atoms with Crippen molar-refractivity contribution in [3.63, 3.8) is 0 Å². The van der Waals surface area contributed by atoms with Crippen LogP contribution in [0.2, 0.25) is 0 Å². The third-order valence-electron chi connectivity index (χ3n) is 3.55. The summed E-state index contributed by atoms with van der Waals surface area (Å²) in [7, 11) is 0. The molecule has 2 saturated carbocycles. The van der Waals surface area contributed by atoms with Crippen molar-refractivity contribution in [3.05, 3.63) is 0 Å². The maximum Gasteiger partial charge on any atom is 0.0571 e. The van der Waals surface area contributed by atoms with Crippen LogP contribution in [0.15, 0.2) is 0 Å². The van der Waals surface area contributed by atoms with Crippen LogP contribution in [0.5, 0.6) is 0 Å². The van der Waals surface area contributed by atoms with E-state index in [0.717, 1.165) is 12.3 Å². The van der Waals surface area contributed by atoms with Gasteiger partial charge in [-0.1, -0.05) is 13.8 Å². The first-order chi connectivity index (χ1) is 4.59. The predicted molar refractivity (Wildman–Crippen MR) is 40.6 cm³/mol. The minimum absolute atomic E-state index is 0.0398. The summed E-state index contributed by atoms with van der Waals surface area (Å²) in [5.74, 6) is 1.45. The largest absolute Gasteiger partial charge is 0.393 e. The third kappa shape index (κ3) is 0.731. The highest BCUT2D eigenvalue weighted by molar-refractivity contribution is 4.99. The molecule has 2 aliphatic rings. The first-order valence-corrected chi connectivity index (χ1v) is 4.28. The van der Waals surface area contributed by atoms with E-state index in [1.165, 1.54) is 12.8 Å². The van der Waals surface area contributed by atoms with Crippen LogP contribution in [0.25, 0.3) is 0 Å². The van der Waals surface area contributed by atoms with Crippen molar-refractivity contribution in [2.75, 3.05) is 0 Å². The van der Waals surface area contributed by atoms with E-state index in [-0.39, 0.29) is 6.10 Å². The van der Waals surface area contributed by atoms with Crippen LogP contribution in [-0.2, 0) is 0 Å². The molecule has 0 saturated heterocycles. The van der Waals surface area contributed by atoms with E-state index in [4.69, 9.17) is 0 Å². The van der Waals surface area contributed by atoms with Crippen LogP contribution >= 0.6 is 0 Å². The third-order valence-corrected chi connectivity index (χ3v) is 3.55. The van der Waals surface area contributed by atoms with E-state index in [9.17, 15) is 5.11 Å². The van der Waals surface area contributed by atoms with Gasteiger partial charge in [0.15, 0.2) is 0 Å². The van der Waals surface area contributed by atoms with Crippen molar-refractivity contribution in [1.82, 2.24) is 0 Å². The Hall–Kier alpha value is -0.0400. The molecule has 10 heavy (non-hydrogen) atoms. The van der Waals surface area contributed by atoms with Crippen molar-refractivity contribution < 1.29 is 5.11 Å². The average Bonchev–Trinajstić information content (AvgIpc) is 2.21. The standard InChI is InChI=1S/C9H16O/c1-9(2)5-6-3-7(9)4-8(6)10/h6-8,10H,3-5H2,1-2H3/t6-,7+,8+/m1/s1. The van der Waals surface area contributed by atoms with Crippen LogP contribution in [0.1, 0.15) is 33.1 Å². The molecule has 2 fully saturated rings. The first kappa shape index (κ1) is 6.66. The second kappa shape index (κ2) is 1.76. The van der Waals surface area contributed by atoms with Crippen molar-refractivity contribution >= 4 is 0 Å². The summed E-state index contributed by atoms with van der Waals surface area (Å²) in [5, 5.41) is 9.45. The molecule has 2 bridgehead atoms. The van der Waals surface area contributed by atoms with Gasteiger partial charge in [0.25, 0.3) is 0 Å². The van der Waals surface area contributed by atoms with Gasteiger partial charge in [-0.05, 0) is 36.5 Å². The minimum Gasteiger partial charge on any atom is -0.393 e. The Morgan fingerprint density at radius 2 is 2.00 bits per heavy atom. The highest BCUT2D eigenvalue weighted by Gasteiger charge is 2.49. The van der Waals surface area contributed by atoms with Crippen LogP contribution in [0, 0.1) is 17.3 Å². The number of fused-ring (bicyclic) bond motifs is 2. The van der Waals surface area contributed by atoms with Crippen molar-refractivity contribution in [2.45, 2.75) is 39.2 Å². The summed E-state index contributed by atoms with van der Waals surface area (Å²) in [6.07, 6.45) is 3.64. The molecular weight excluding hydrogens is 124 g/mol. The molecule has 2 aliphatic carbocycles. The molecule has 1 N–H and O–H groups in total. The normalized spacial score (nSPS) is 50.1. The van der Waals surface area contributed by atoms with Gasteiger partial charge < -0.3 is 5.11 Å². The molecular formula is C9H16O. The van der Waals surface area contributed by atoms with Gasteiger partial charge in [-0.3, -0.25) is 0 Å². The molecule has 2 rings (SSSR count). The van der Waals surface area contributed by atoms with Crippen LogP contribution in [0.3, 0.4) is 0 Å². The summed E-state index contributed by atoms with van der Waals surface area (Å²) < 4.78 is 0. The Kier molecular flexibility index (Phi) is 1.17. The van der Waals surface area contributed by atoms with E-state index in [1.54, 1.807) is 0 Å². The SMILES string of the molecule is CC1(C)C[C@H]2C[C@H]1C[C@@H]2O. The van der Waals surface area contributed by atoms with Crippen LogP contribution in [0.4, 0.5) is 0 Å². The summed E-state index contributed by atoms with van der Waals surface area (Å²) in [6.45, 7) is 4.67. The number of hydrogen-bond donors (Lipinski definition) is 1. The Balaban J connectivity index is 2.16. The zero-order valence-electron chi connectivity index (χ0n) is 6.80. The quantitative estimate of drug-likeness (QED) is 0.544. The molecule has 0 heterocycles. The Labute approximate surface area is 62.4 Å². The highest BCUT2D eigenvalue weighted by Crippen LogP contribution is 2.55. The molecule has 0 unspecified atom stereocenters. The second-order valence-electron chi connectivity index (χ2n) is 4.69. The Bertz CT molecular complexity index is 149. The van der Waals surface area contributed by atoms with Gasteiger partial charge in [0, 0.05) is 0 Å². The summed E-state index contributed by atoms with van der Waals surface area (Å²) in [4.78, 5) is 0. The lowest BCUT2D eigenvalue weighted by Crippen LogP contribution is -2.27. The molecule has 0 spiro atoms. The van der Waals surface area contributed by atoms with Gasteiger partial charge in [-0.15, -0.1) is 0 Å². The fraction of sp³-hybridized carbons (Fsp3) is 1.00. The zero-order valence-corrected chi connectivity index (χ0v) is 6.80. The molecule has 0 amide bonds. The lowest BCUT2D eigenvalue weighted by Gasteiger charge is -2.31. The number of hydrogen-bond acceptors (Lipinski definition) is 1. The molecule has 58 valence electrons. The summed E-state index contributed by atoms with van der Waals surface area (Å²) in [5.41, 5.74) is 0.532. The maximum absolute atomic E-state index is 9.45. The van der Waals surface area contributed by atoms with E-state index in [1.807, 2.05) is 0 Å². The molecule has 0 aromatic heterocycles. The van der Waals surface area contributed by atoms with E-state index >= 15 is 0 Å². The average molecular weight is 140 g/mol. The molecule has 0 aromatic carbocycles. The summed E-state index contributed by atoms with van der Waals surface area (Å²) in [6, 6.07) is 0. The fourth-order valence-electron chi connectivity index (χ4n) is 2.80. The maximum atomic E-state index is 9.45. The van der Waals surface area contributed by atoms with Crippen LogP contribution in [-0.4, -0.2) is 11.2 Å². The molecule has 0 aliphatic heterocycles. The molecule has 1 heteroatoms. The van der Waals surface area contributed by atoms with E-state index in [0.29, 0.717) is 11.3 Å². The summed E-state index contributed by atoms with van der Waals surface area (Å²) >= 11 is 0. The van der Waals surface area contributed by atoms with Crippen molar-refractivity contribution in [3.8, 4) is 0 Å². The van der Waals surface area contributed by atoms with Gasteiger partial charge in [0.1, 0.15) is 0 Å². The Morgan fingerprint density at radius 1 is 1.30 bits per heavy atom. The predicted octanol–water partition coefficient (Wildman–Crippen LogP) is 1.80. The second-order valence-corrected chi connectivity index (χ2v) is 4.69. The number of rotatable bonds is 0. The first-order valence-electron chi connectivity index (χ1n) is 4.28. The van der Waals surface area contributed by atoms with Gasteiger partial charge >= 0.3 is 0 Å². The highest BCUT2D eigenvalue weighted by atomic mass is 16.3. The monoisotopic (exact) mass is 140 g/mol. The lowest BCUT2D eigenvalue weighted by molar-refractivity contribution is 0.0685. The smallest absolute Gasteiger partial charge is 0.0571 e. The molecule has 1 nitrogen and oxygen atoms in total. The molecule has 0 radical (unpaired) electrons. The lowest BCUT2D eigenvalue weighted by atomic mass is 9.76. The van der Waals surface area contributed by atoms with Gasteiger partial charge in [0.05, 0.1) is 6.10 Å². The topological polar surface area (TPSA) is 20.2 Å². The van der Waals surface area contributed by atoms with Gasteiger partial charge in [-0.25, -0.2) is 0 Å². The van der Waals surface area contributed by atoms with Gasteiger partial charge in [-0.2, -0.15) is 0 Å². The van der Waals surface area contributed by atoms with Crippen molar-refractivity contribution in [1.29, 1.82) is 0 Å². The molecule has 0 aromatic rings. The zero-order chi connectivity index (χ0) is 7.35. The minimum atomic E-state index is 0.0398. The Morgan fingerprint density at radius 3 is 2.30 bits per heavy atom. The van der Waals surface area contributed by atoms with Gasteiger partial charge in [0.2, 0.25) is 0 Å². The number of aliphatic hydroxyl groups is 1. The van der Waals surface area contributed by atoms with E-state index < -0.39 is 0 Å². The van der Waals surface area contributed by atoms with Crippen LogP contribution < -0.4 is 0 Å². The fourth-order valence-corrected chi connectivity index (χ4v) is 2.80. The number of aliphatic hydroxyl groups excluding tert-OH is 1. The van der Waals surface area contributed by atoms with Crippen molar-refractivity contribution in [2.24, 2.45) is 17.3 Å².